The molecule has 0 atom stereocenters. The summed E-state index contributed by atoms with van der Waals surface area (Å²) in [7, 11) is 0. The smallest absolute Gasteiger partial charge is 0.148 e. The van der Waals surface area contributed by atoms with Crippen LogP contribution in [0.4, 0.5) is 15.8 Å². The molecule has 0 spiro atoms. The highest BCUT2D eigenvalue weighted by molar-refractivity contribution is 5.81. The van der Waals surface area contributed by atoms with Gasteiger partial charge in [-0.3, -0.25) is 4.79 Å². The third-order valence-corrected chi connectivity index (χ3v) is 2.70. The highest BCUT2D eigenvalue weighted by Gasteiger charge is 2.19. The quantitative estimate of drug-likeness (QED) is 0.722. The lowest BCUT2D eigenvalue weighted by Gasteiger charge is -2.28. The summed E-state index contributed by atoms with van der Waals surface area (Å²) < 4.78 is 13.6. The molecule has 16 heavy (non-hydrogen) atoms. The van der Waals surface area contributed by atoms with Gasteiger partial charge in [0.15, 0.2) is 0 Å². The van der Waals surface area contributed by atoms with Gasteiger partial charge in [-0.15, -0.1) is 4.91 Å². The standard InChI is InChI=1S/C11H11FN2O2/c12-10-7-8(13-16)1-2-11(10)14-5-3-9(15)4-6-14/h1-2,7H,3-6H2. The lowest BCUT2D eigenvalue weighted by atomic mass is 10.1. The number of piperidine rings is 1. The number of carbonyl (C=O) groups is 1. The van der Waals surface area contributed by atoms with Gasteiger partial charge in [-0.2, -0.15) is 0 Å². The molecule has 0 unspecified atom stereocenters. The van der Waals surface area contributed by atoms with Crippen LogP contribution in [0, 0.1) is 10.7 Å². The van der Waals surface area contributed by atoms with Crippen LogP contribution >= 0.6 is 0 Å². The number of anilines is 1. The number of carbonyl (C=O) groups excluding carboxylic acids is 1. The molecule has 0 bridgehead atoms. The van der Waals surface area contributed by atoms with Gasteiger partial charge in [0.2, 0.25) is 0 Å². The van der Waals surface area contributed by atoms with Gasteiger partial charge in [0.05, 0.1) is 5.69 Å². The highest BCUT2D eigenvalue weighted by atomic mass is 19.1. The molecule has 1 fully saturated rings. The van der Waals surface area contributed by atoms with E-state index in [-0.39, 0.29) is 11.5 Å². The van der Waals surface area contributed by atoms with Gasteiger partial charge in [-0.05, 0) is 17.3 Å². The fourth-order valence-electron chi connectivity index (χ4n) is 1.81. The molecule has 2 rings (SSSR count). The molecule has 0 aromatic heterocycles. The van der Waals surface area contributed by atoms with E-state index in [4.69, 9.17) is 0 Å². The first-order valence-electron chi connectivity index (χ1n) is 5.10. The molecule has 1 aliphatic rings. The minimum absolute atomic E-state index is 0.0781. The zero-order valence-electron chi connectivity index (χ0n) is 8.65. The zero-order valence-corrected chi connectivity index (χ0v) is 8.65. The first-order chi connectivity index (χ1) is 7.70. The number of ketones is 1. The molecule has 0 amide bonds. The predicted molar refractivity (Wildman–Crippen MR) is 58.3 cm³/mol. The van der Waals surface area contributed by atoms with Gasteiger partial charge < -0.3 is 4.90 Å². The second-order valence-electron chi connectivity index (χ2n) is 3.75. The van der Waals surface area contributed by atoms with Crippen LogP contribution in [-0.4, -0.2) is 18.9 Å². The largest absolute Gasteiger partial charge is 0.368 e. The molecule has 1 aromatic carbocycles. The number of Topliss-reactive ketones (excluding diaryl/α,β-unsaturated/α-hetero) is 1. The van der Waals surface area contributed by atoms with E-state index in [1.54, 1.807) is 0 Å². The van der Waals surface area contributed by atoms with Crippen molar-refractivity contribution < 1.29 is 9.18 Å². The summed E-state index contributed by atoms with van der Waals surface area (Å²) in [4.78, 5) is 23.1. The Morgan fingerprint density at radius 2 is 1.94 bits per heavy atom. The normalized spacial score (nSPS) is 16.3. The van der Waals surface area contributed by atoms with Gasteiger partial charge in [0.25, 0.3) is 0 Å². The highest BCUT2D eigenvalue weighted by Crippen LogP contribution is 2.25. The number of nitrogens with zero attached hydrogens (tertiary/aromatic N) is 2. The summed E-state index contributed by atoms with van der Waals surface area (Å²) in [6, 6.07) is 4.11. The predicted octanol–water partition coefficient (Wildman–Crippen LogP) is 2.39. The molecule has 84 valence electrons. The van der Waals surface area contributed by atoms with Gasteiger partial charge in [0, 0.05) is 32.0 Å². The molecule has 4 nitrogen and oxygen atoms in total. The Labute approximate surface area is 92.0 Å². The Morgan fingerprint density at radius 1 is 1.25 bits per heavy atom. The lowest BCUT2D eigenvalue weighted by molar-refractivity contribution is -0.119. The van der Waals surface area contributed by atoms with E-state index in [1.165, 1.54) is 12.1 Å². The summed E-state index contributed by atoms with van der Waals surface area (Å²) in [6.45, 7) is 1.06. The Bertz CT molecular complexity index is 424. The number of rotatable bonds is 2. The molecular formula is C11H11FN2O2. The Balaban J connectivity index is 2.20. The zero-order chi connectivity index (χ0) is 11.5. The third-order valence-electron chi connectivity index (χ3n) is 2.70. The van der Waals surface area contributed by atoms with Gasteiger partial charge in [-0.25, -0.2) is 4.39 Å². The van der Waals surface area contributed by atoms with Crippen molar-refractivity contribution in [2.24, 2.45) is 5.18 Å². The Kier molecular flexibility index (Phi) is 2.94. The molecule has 0 saturated carbocycles. The summed E-state index contributed by atoms with van der Waals surface area (Å²) >= 11 is 0. The maximum atomic E-state index is 13.6. The summed E-state index contributed by atoms with van der Waals surface area (Å²) in [5.41, 5.74) is 0.509. The average molecular weight is 222 g/mol. The molecule has 1 heterocycles. The average Bonchev–Trinajstić information content (AvgIpc) is 2.30. The summed E-state index contributed by atoms with van der Waals surface area (Å²) in [5, 5.41) is 2.67. The number of benzene rings is 1. The maximum Gasteiger partial charge on any atom is 0.148 e. The second-order valence-corrected chi connectivity index (χ2v) is 3.75. The third kappa shape index (κ3) is 2.08. The van der Waals surface area contributed by atoms with Crippen LogP contribution in [0.25, 0.3) is 0 Å². The van der Waals surface area contributed by atoms with E-state index in [1.807, 2.05) is 4.90 Å². The summed E-state index contributed by atoms with van der Waals surface area (Å²) in [5.74, 6) is -0.255. The fraction of sp³-hybridized carbons (Fsp3) is 0.364. The molecule has 0 radical (unpaired) electrons. The van der Waals surface area contributed by atoms with Crippen LogP contribution in [0.2, 0.25) is 0 Å². The van der Waals surface area contributed by atoms with Crippen LogP contribution in [0.3, 0.4) is 0 Å². The maximum absolute atomic E-state index is 13.6. The molecular weight excluding hydrogens is 211 g/mol. The van der Waals surface area contributed by atoms with Gasteiger partial charge in [0.1, 0.15) is 17.3 Å². The molecule has 1 aromatic rings. The van der Waals surface area contributed by atoms with Crippen molar-refractivity contribution in [1.82, 2.24) is 0 Å². The minimum Gasteiger partial charge on any atom is -0.368 e. The van der Waals surface area contributed by atoms with Crippen molar-refractivity contribution >= 4 is 17.2 Å². The van der Waals surface area contributed by atoms with Crippen LogP contribution in [0.15, 0.2) is 23.4 Å². The first-order valence-corrected chi connectivity index (χ1v) is 5.10. The number of hydrogen-bond acceptors (Lipinski definition) is 4. The lowest BCUT2D eigenvalue weighted by Crippen LogP contribution is -2.34. The number of hydrogen-bond donors (Lipinski definition) is 0. The van der Waals surface area contributed by atoms with Crippen LogP contribution in [0.5, 0.6) is 0 Å². The van der Waals surface area contributed by atoms with E-state index < -0.39 is 5.82 Å². The van der Waals surface area contributed by atoms with E-state index in [9.17, 15) is 14.1 Å². The first kappa shape index (κ1) is 10.7. The fourth-order valence-corrected chi connectivity index (χ4v) is 1.81. The molecule has 5 heteroatoms. The topological polar surface area (TPSA) is 49.7 Å². The molecule has 1 saturated heterocycles. The van der Waals surface area contributed by atoms with E-state index in [0.717, 1.165) is 6.07 Å². The second kappa shape index (κ2) is 4.38. The molecule has 0 N–H and O–H groups in total. The monoisotopic (exact) mass is 222 g/mol. The van der Waals surface area contributed by atoms with Crippen molar-refractivity contribution in [3.8, 4) is 0 Å². The Hall–Kier alpha value is -1.78. The number of nitroso groups, excluding NO2 is 1. The van der Waals surface area contributed by atoms with Crippen molar-refractivity contribution in [2.45, 2.75) is 12.8 Å². The van der Waals surface area contributed by atoms with Crippen LogP contribution in [-0.2, 0) is 4.79 Å². The summed E-state index contributed by atoms with van der Waals surface area (Å²) in [6.07, 6.45) is 0.903. The number of halogens is 1. The van der Waals surface area contributed by atoms with E-state index in [2.05, 4.69) is 5.18 Å². The van der Waals surface area contributed by atoms with E-state index in [0.29, 0.717) is 31.6 Å². The van der Waals surface area contributed by atoms with Crippen molar-refractivity contribution in [3.63, 3.8) is 0 Å². The molecule has 1 aliphatic heterocycles. The SMILES string of the molecule is O=Nc1ccc(N2CCC(=O)CC2)c(F)c1. The van der Waals surface area contributed by atoms with Crippen LogP contribution in [0.1, 0.15) is 12.8 Å². The van der Waals surface area contributed by atoms with Gasteiger partial charge in [-0.1, -0.05) is 0 Å². The Morgan fingerprint density at radius 3 is 2.50 bits per heavy atom. The van der Waals surface area contributed by atoms with Crippen molar-refractivity contribution in [1.29, 1.82) is 0 Å². The van der Waals surface area contributed by atoms with Crippen molar-refractivity contribution in [2.75, 3.05) is 18.0 Å². The molecule has 0 aliphatic carbocycles. The minimum atomic E-state index is -0.466. The van der Waals surface area contributed by atoms with Crippen molar-refractivity contribution in [3.05, 3.63) is 28.9 Å². The van der Waals surface area contributed by atoms with Gasteiger partial charge >= 0.3 is 0 Å². The van der Waals surface area contributed by atoms with E-state index >= 15 is 0 Å². The van der Waals surface area contributed by atoms with Crippen LogP contribution < -0.4 is 4.90 Å².